The summed E-state index contributed by atoms with van der Waals surface area (Å²) in [6.45, 7) is 8.64. The first-order valence-electron chi connectivity index (χ1n) is 12.7. The molecule has 2 aliphatic rings. The molecule has 6 nitrogen and oxygen atoms in total. The summed E-state index contributed by atoms with van der Waals surface area (Å²) < 4.78 is 5.08. The minimum atomic E-state index is -1.96. The third kappa shape index (κ3) is 11.5. The molecule has 0 aromatic carbocycles. The number of carbonyl (C=O) groups is 2. The number of carbonyl (C=O) groups excluding carboxylic acids is 1. The minimum Gasteiger partial charge on any atom is -0.479 e. The summed E-state index contributed by atoms with van der Waals surface area (Å²) in [4.78, 5) is 23.1. The molecule has 0 amide bonds. The lowest BCUT2D eigenvalue weighted by Gasteiger charge is -2.30. The van der Waals surface area contributed by atoms with Crippen molar-refractivity contribution in [3.8, 4) is 0 Å². The molecule has 1 unspecified atom stereocenters. The molecule has 0 aromatic rings. The van der Waals surface area contributed by atoms with Gasteiger partial charge >= 0.3 is 11.9 Å². The Labute approximate surface area is 195 Å². The molecule has 0 aliphatic heterocycles. The second-order valence-corrected chi connectivity index (χ2v) is 10.5. The van der Waals surface area contributed by atoms with Gasteiger partial charge in [-0.15, -0.1) is 6.58 Å². The van der Waals surface area contributed by atoms with E-state index in [-0.39, 0.29) is 6.42 Å². The molecule has 2 aliphatic carbocycles. The van der Waals surface area contributed by atoms with Crippen LogP contribution in [0.1, 0.15) is 117 Å². The van der Waals surface area contributed by atoms with Crippen molar-refractivity contribution in [3.05, 3.63) is 12.7 Å². The Morgan fingerprint density at radius 2 is 1.47 bits per heavy atom. The number of carboxylic acid groups (broad SMARTS) is 1. The van der Waals surface area contributed by atoms with Crippen LogP contribution in [-0.4, -0.2) is 40.3 Å². The van der Waals surface area contributed by atoms with Crippen LogP contribution >= 0.6 is 0 Å². The quantitative estimate of drug-likeness (QED) is 0.175. The van der Waals surface area contributed by atoms with E-state index in [0.717, 1.165) is 31.3 Å². The van der Waals surface area contributed by atoms with Crippen molar-refractivity contribution in [2.24, 2.45) is 5.73 Å². The highest BCUT2D eigenvalue weighted by atomic mass is 16.6. The molecule has 2 fully saturated rings. The van der Waals surface area contributed by atoms with E-state index in [2.05, 4.69) is 11.9 Å². The third-order valence-corrected chi connectivity index (χ3v) is 6.31. The fourth-order valence-corrected chi connectivity index (χ4v) is 4.41. The monoisotopic (exact) mass is 452 g/mol. The first-order valence-corrected chi connectivity index (χ1v) is 12.7. The SMILES string of the molecule is C1CCC(NC2CCCCC2)CC1.C=CCCCCCC(N)(C(=O)O)C(=O)OC(C)(C)C. The largest absolute Gasteiger partial charge is 0.479 e. The lowest BCUT2D eigenvalue weighted by molar-refractivity contribution is -0.169. The number of nitrogens with one attached hydrogen (secondary N) is 1. The van der Waals surface area contributed by atoms with Gasteiger partial charge in [-0.25, -0.2) is 9.59 Å². The number of allylic oxidation sites excluding steroid dienone is 1. The highest BCUT2D eigenvalue weighted by Crippen LogP contribution is 2.23. The number of esters is 1. The average Bonchev–Trinajstić information content (AvgIpc) is 2.74. The molecule has 0 saturated heterocycles. The fourth-order valence-electron chi connectivity index (χ4n) is 4.41. The molecule has 2 rings (SSSR count). The van der Waals surface area contributed by atoms with Crippen LogP contribution in [0.4, 0.5) is 0 Å². The van der Waals surface area contributed by atoms with Gasteiger partial charge in [0.15, 0.2) is 0 Å². The summed E-state index contributed by atoms with van der Waals surface area (Å²) in [7, 11) is 0. The van der Waals surface area contributed by atoms with Crippen molar-refractivity contribution in [2.45, 2.75) is 140 Å². The molecule has 0 bridgehead atoms. The summed E-state index contributed by atoms with van der Waals surface area (Å²) in [5, 5.41) is 13.0. The molecule has 32 heavy (non-hydrogen) atoms. The standard InChI is InChI=1S/C14H25NO4.C12H23N/c1-5-6-7-8-9-10-14(15,11(16)17)12(18)19-13(2,3)4;1-3-7-11(8-4-1)13-12-9-5-2-6-10-12/h5H,1,6-10,15H2,2-4H3,(H,16,17);11-13H,1-10H2. The van der Waals surface area contributed by atoms with E-state index in [1.54, 1.807) is 26.8 Å². The highest BCUT2D eigenvalue weighted by Gasteiger charge is 2.44. The van der Waals surface area contributed by atoms with Crippen LogP contribution in [-0.2, 0) is 14.3 Å². The van der Waals surface area contributed by atoms with Gasteiger partial charge in [-0.2, -0.15) is 0 Å². The van der Waals surface area contributed by atoms with E-state index in [4.69, 9.17) is 15.6 Å². The third-order valence-electron chi connectivity index (χ3n) is 6.31. The normalized spacial score (nSPS) is 19.9. The molecule has 6 heteroatoms. The maximum Gasteiger partial charge on any atom is 0.338 e. The number of ether oxygens (including phenoxy) is 1. The molecule has 1 atom stereocenters. The van der Waals surface area contributed by atoms with Crippen LogP contribution < -0.4 is 11.1 Å². The van der Waals surface area contributed by atoms with Gasteiger partial charge in [-0.3, -0.25) is 0 Å². The number of aliphatic carboxylic acids is 1. The van der Waals surface area contributed by atoms with Gasteiger partial charge in [0.25, 0.3) is 0 Å². The highest BCUT2D eigenvalue weighted by molar-refractivity contribution is 6.03. The number of carboxylic acids is 1. The number of unbranched alkanes of at least 4 members (excludes halogenated alkanes) is 3. The average molecular weight is 453 g/mol. The van der Waals surface area contributed by atoms with E-state index < -0.39 is 23.1 Å². The number of nitrogens with two attached hydrogens (primary N) is 1. The van der Waals surface area contributed by atoms with Crippen molar-refractivity contribution < 1.29 is 19.4 Å². The van der Waals surface area contributed by atoms with Gasteiger partial charge in [0.1, 0.15) is 5.60 Å². The van der Waals surface area contributed by atoms with Gasteiger partial charge in [0.2, 0.25) is 5.54 Å². The Morgan fingerprint density at radius 1 is 0.969 bits per heavy atom. The molecular formula is C26H48N2O4. The zero-order valence-corrected chi connectivity index (χ0v) is 20.8. The molecule has 0 heterocycles. The molecule has 0 radical (unpaired) electrons. The van der Waals surface area contributed by atoms with Crippen molar-refractivity contribution in [3.63, 3.8) is 0 Å². The molecule has 0 spiro atoms. The van der Waals surface area contributed by atoms with Crippen molar-refractivity contribution >= 4 is 11.9 Å². The predicted octanol–water partition coefficient (Wildman–Crippen LogP) is 5.49. The smallest absolute Gasteiger partial charge is 0.338 e. The van der Waals surface area contributed by atoms with Gasteiger partial charge < -0.3 is 20.9 Å². The van der Waals surface area contributed by atoms with Crippen molar-refractivity contribution in [1.82, 2.24) is 5.32 Å². The Hall–Kier alpha value is -1.40. The van der Waals surface area contributed by atoms with E-state index >= 15 is 0 Å². The summed E-state index contributed by atoms with van der Waals surface area (Å²) >= 11 is 0. The lowest BCUT2D eigenvalue weighted by atomic mass is 9.91. The molecule has 0 aromatic heterocycles. The van der Waals surface area contributed by atoms with E-state index in [1.165, 1.54) is 64.2 Å². The summed E-state index contributed by atoms with van der Waals surface area (Å²) in [6, 6.07) is 1.74. The summed E-state index contributed by atoms with van der Waals surface area (Å²) in [5.74, 6) is -2.22. The second kappa shape index (κ2) is 14.7. The predicted molar refractivity (Wildman–Crippen MR) is 131 cm³/mol. The number of hydrogen-bond acceptors (Lipinski definition) is 5. The summed E-state index contributed by atoms with van der Waals surface area (Å²) in [5.41, 5.74) is 3.01. The lowest BCUT2D eigenvalue weighted by Crippen LogP contribution is -2.57. The molecule has 2 saturated carbocycles. The first-order chi connectivity index (χ1) is 15.1. The zero-order valence-electron chi connectivity index (χ0n) is 20.8. The van der Waals surface area contributed by atoms with E-state index in [0.29, 0.717) is 6.42 Å². The van der Waals surface area contributed by atoms with Crippen LogP contribution in [0.25, 0.3) is 0 Å². The maximum atomic E-state index is 11.9. The molecular weight excluding hydrogens is 404 g/mol. The second-order valence-electron chi connectivity index (χ2n) is 10.5. The van der Waals surface area contributed by atoms with Crippen LogP contribution in [0, 0.1) is 0 Å². The molecule has 186 valence electrons. The number of hydrogen-bond donors (Lipinski definition) is 3. The Balaban J connectivity index is 0.000000339. The van der Waals surface area contributed by atoms with Crippen LogP contribution in [0.15, 0.2) is 12.7 Å². The van der Waals surface area contributed by atoms with Gasteiger partial charge in [-0.1, -0.05) is 57.4 Å². The number of rotatable bonds is 10. The molecule has 4 N–H and O–H groups in total. The van der Waals surface area contributed by atoms with Crippen LogP contribution in [0.5, 0.6) is 0 Å². The minimum absolute atomic E-state index is 0.0778. The van der Waals surface area contributed by atoms with E-state index in [1.807, 2.05) is 0 Å². The van der Waals surface area contributed by atoms with Gasteiger partial charge in [-0.05, 0) is 65.7 Å². The summed E-state index contributed by atoms with van der Waals surface area (Å²) in [6.07, 6.45) is 19.6. The van der Waals surface area contributed by atoms with Crippen molar-refractivity contribution in [1.29, 1.82) is 0 Å². The first kappa shape index (κ1) is 28.6. The van der Waals surface area contributed by atoms with Crippen LogP contribution in [0.3, 0.4) is 0 Å². The fraction of sp³-hybridized carbons (Fsp3) is 0.846. The topological polar surface area (TPSA) is 102 Å². The van der Waals surface area contributed by atoms with Crippen molar-refractivity contribution in [2.75, 3.05) is 0 Å². The zero-order chi connectivity index (χ0) is 24.0. The van der Waals surface area contributed by atoms with Gasteiger partial charge in [0.05, 0.1) is 0 Å². The van der Waals surface area contributed by atoms with E-state index in [9.17, 15) is 9.59 Å². The Kier molecular flexibility index (Phi) is 13.1. The van der Waals surface area contributed by atoms with Crippen LogP contribution in [0.2, 0.25) is 0 Å². The van der Waals surface area contributed by atoms with Gasteiger partial charge in [0, 0.05) is 12.1 Å². The Bertz CT molecular complexity index is 545. The Morgan fingerprint density at radius 3 is 1.88 bits per heavy atom. The maximum absolute atomic E-state index is 11.9.